The van der Waals surface area contributed by atoms with E-state index < -0.39 is 58.9 Å². The number of amides is 2. The first kappa shape index (κ1) is 38.9. The quantitative estimate of drug-likeness (QED) is 0.0434. The molecule has 3 atom stereocenters. The molecule has 0 aromatic heterocycles. The van der Waals surface area contributed by atoms with Gasteiger partial charge in [-0.25, -0.2) is 13.2 Å². The maximum atomic E-state index is 13.6. The first-order valence-corrected chi connectivity index (χ1v) is 14.0. The van der Waals surface area contributed by atoms with Crippen LogP contribution in [0.1, 0.15) is 59.8 Å². The number of carbonyl (C=O) groups excluding carboxylic acids is 4. The zero-order valence-electron chi connectivity index (χ0n) is 25.8. The van der Waals surface area contributed by atoms with Crippen LogP contribution in [0.4, 0.5) is 22.0 Å². The van der Waals surface area contributed by atoms with Gasteiger partial charge in [-0.1, -0.05) is 20.3 Å². The Hall–Kier alpha value is -3.17. The van der Waals surface area contributed by atoms with Crippen molar-refractivity contribution in [2.45, 2.75) is 77.5 Å². The normalized spacial score (nSPS) is 13.6. The van der Waals surface area contributed by atoms with Gasteiger partial charge < -0.3 is 34.0 Å². The van der Waals surface area contributed by atoms with E-state index in [1.807, 2.05) is 13.8 Å². The highest BCUT2D eigenvalue weighted by atomic mass is 19.2. The van der Waals surface area contributed by atoms with Crippen LogP contribution in [0.2, 0.25) is 0 Å². The summed E-state index contributed by atoms with van der Waals surface area (Å²) in [7, 11) is 3.15. The Morgan fingerprint density at radius 3 is 1.93 bits per heavy atom. The van der Waals surface area contributed by atoms with Crippen LogP contribution in [0.3, 0.4) is 0 Å². The second kappa shape index (κ2) is 18.6. The molecular formula is C29H41F5N2O8. The molecule has 0 fully saturated rings. The number of hydrogen-bond acceptors (Lipinski definition) is 8. The lowest BCUT2D eigenvalue weighted by Crippen LogP contribution is -2.53. The summed E-state index contributed by atoms with van der Waals surface area (Å²) in [5.74, 6) is -14.9. The first-order valence-electron chi connectivity index (χ1n) is 14.0. The van der Waals surface area contributed by atoms with E-state index in [1.165, 1.54) is 7.11 Å². The van der Waals surface area contributed by atoms with Gasteiger partial charge in [-0.2, -0.15) is 8.78 Å². The SMILES string of the molecule is CCC(C)C(C(CC=O)OC)N(C)C(=O)CC(C)(C)NC(=O)CCOCCOCCC(=O)Oc1c(F)c(F)c(F)c(F)c1F. The molecule has 0 saturated heterocycles. The third-order valence-electron chi connectivity index (χ3n) is 6.83. The van der Waals surface area contributed by atoms with Crippen molar-refractivity contribution < 1.29 is 60.1 Å². The fourth-order valence-electron chi connectivity index (χ4n) is 4.34. The largest absolute Gasteiger partial charge is 0.420 e. The maximum Gasteiger partial charge on any atom is 0.313 e. The summed E-state index contributed by atoms with van der Waals surface area (Å²) in [6.07, 6.45) is 0.635. The van der Waals surface area contributed by atoms with Gasteiger partial charge in [0.1, 0.15) is 6.29 Å². The highest BCUT2D eigenvalue weighted by molar-refractivity contribution is 5.81. The summed E-state index contributed by atoms with van der Waals surface area (Å²) in [5.41, 5.74) is -0.884. The standard InChI is InChI=1S/C29H41F5N2O8/c1-7-17(2)27(18(41-6)8-11-37)36(5)20(39)16-29(3,4)35-19(38)9-12-42-14-15-43-13-10-21(40)44-28-25(33)23(31)22(30)24(32)26(28)34/h11,17-18,27H,7-10,12-16H2,1-6H3,(H,35,38). The Bertz CT molecular complexity index is 1110. The Morgan fingerprint density at radius 1 is 0.909 bits per heavy atom. The van der Waals surface area contributed by atoms with Crippen molar-refractivity contribution in [2.24, 2.45) is 5.92 Å². The van der Waals surface area contributed by atoms with E-state index in [0.29, 0.717) is 0 Å². The van der Waals surface area contributed by atoms with Crippen LogP contribution in [0, 0.1) is 35.0 Å². The summed E-state index contributed by atoms with van der Waals surface area (Å²) in [6.45, 7) is 7.07. The molecule has 0 saturated carbocycles. The van der Waals surface area contributed by atoms with Gasteiger partial charge in [-0.3, -0.25) is 14.4 Å². The fourth-order valence-corrected chi connectivity index (χ4v) is 4.34. The van der Waals surface area contributed by atoms with E-state index in [1.54, 1.807) is 25.8 Å². The molecule has 0 aliphatic carbocycles. The monoisotopic (exact) mass is 640 g/mol. The van der Waals surface area contributed by atoms with Gasteiger partial charge in [0, 0.05) is 39.0 Å². The molecule has 1 aromatic carbocycles. The number of benzene rings is 1. The Morgan fingerprint density at radius 2 is 1.43 bits per heavy atom. The Kier molecular flexibility index (Phi) is 16.4. The maximum absolute atomic E-state index is 13.6. The molecule has 1 N–H and O–H groups in total. The minimum Gasteiger partial charge on any atom is -0.420 e. The van der Waals surface area contributed by atoms with Crippen molar-refractivity contribution in [1.29, 1.82) is 0 Å². The number of esters is 1. The number of carbonyl (C=O) groups is 4. The smallest absolute Gasteiger partial charge is 0.313 e. The Balaban J connectivity index is 2.40. The predicted molar refractivity (Wildman–Crippen MR) is 147 cm³/mol. The number of likely N-dealkylation sites (N-methyl/N-ethyl adjacent to an activating group) is 1. The van der Waals surface area contributed by atoms with Gasteiger partial charge in [-0.15, -0.1) is 0 Å². The van der Waals surface area contributed by atoms with Crippen molar-refractivity contribution in [3.63, 3.8) is 0 Å². The Labute approximate surface area is 253 Å². The van der Waals surface area contributed by atoms with Crippen LogP contribution in [0.25, 0.3) is 0 Å². The van der Waals surface area contributed by atoms with Crippen LogP contribution in [-0.2, 0) is 33.4 Å². The minimum atomic E-state index is -2.37. The topological polar surface area (TPSA) is 120 Å². The van der Waals surface area contributed by atoms with E-state index in [4.69, 9.17) is 14.2 Å². The van der Waals surface area contributed by atoms with Gasteiger partial charge in [0.05, 0.1) is 45.0 Å². The van der Waals surface area contributed by atoms with Crippen molar-refractivity contribution in [2.75, 3.05) is 40.6 Å². The highest BCUT2D eigenvalue weighted by Crippen LogP contribution is 2.29. The average molecular weight is 641 g/mol. The molecule has 15 heteroatoms. The lowest BCUT2D eigenvalue weighted by atomic mass is 9.90. The van der Waals surface area contributed by atoms with Crippen molar-refractivity contribution in [3.8, 4) is 5.75 Å². The summed E-state index contributed by atoms with van der Waals surface area (Å²) in [6, 6.07) is -0.328. The summed E-state index contributed by atoms with van der Waals surface area (Å²) in [4.78, 5) is 49.9. The molecule has 0 radical (unpaired) electrons. The summed E-state index contributed by atoms with van der Waals surface area (Å²) < 4.78 is 86.8. The van der Waals surface area contributed by atoms with E-state index in [2.05, 4.69) is 10.1 Å². The van der Waals surface area contributed by atoms with Crippen LogP contribution < -0.4 is 10.1 Å². The molecular weight excluding hydrogens is 599 g/mol. The van der Waals surface area contributed by atoms with Crippen molar-refractivity contribution in [1.82, 2.24) is 10.2 Å². The van der Waals surface area contributed by atoms with Crippen LogP contribution >= 0.6 is 0 Å². The summed E-state index contributed by atoms with van der Waals surface area (Å²) in [5, 5.41) is 2.80. The van der Waals surface area contributed by atoms with Gasteiger partial charge in [-0.05, 0) is 19.8 Å². The number of nitrogens with one attached hydrogen (secondary N) is 1. The van der Waals surface area contributed by atoms with Gasteiger partial charge in [0.25, 0.3) is 0 Å². The number of methoxy groups -OCH3 is 1. The third kappa shape index (κ3) is 11.7. The summed E-state index contributed by atoms with van der Waals surface area (Å²) >= 11 is 0. The molecule has 0 spiro atoms. The van der Waals surface area contributed by atoms with E-state index in [-0.39, 0.29) is 69.5 Å². The van der Waals surface area contributed by atoms with E-state index in [9.17, 15) is 41.1 Å². The second-order valence-electron chi connectivity index (χ2n) is 10.8. The predicted octanol–water partition coefficient (Wildman–Crippen LogP) is 3.86. The van der Waals surface area contributed by atoms with Gasteiger partial charge >= 0.3 is 5.97 Å². The molecule has 10 nitrogen and oxygen atoms in total. The molecule has 1 rings (SSSR count). The molecule has 1 aromatic rings. The number of nitrogens with zero attached hydrogens (tertiary/aromatic N) is 1. The van der Waals surface area contributed by atoms with Crippen molar-refractivity contribution >= 4 is 24.1 Å². The average Bonchev–Trinajstić information content (AvgIpc) is 2.97. The lowest BCUT2D eigenvalue weighted by Gasteiger charge is -2.38. The fraction of sp³-hybridized carbons (Fsp3) is 0.655. The molecule has 3 unspecified atom stereocenters. The number of rotatable bonds is 20. The zero-order valence-corrected chi connectivity index (χ0v) is 25.8. The highest BCUT2D eigenvalue weighted by Gasteiger charge is 2.35. The van der Waals surface area contributed by atoms with Crippen LogP contribution in [0.15, 0.2) is 0 Å². The van der Waals surface area contributed by atoms with Crippen LogP contribution in [-0.4, -0.2) is 87.2 Å². The molecule has 0 bridgehead atoms. The number of halogens is 5. The molecule has 0 aliphatic rings. The first-order chi connectivity index (χ1) is 20.6. The number of hydrogen-bond donors (Lipinski definition) is 1. The van der Waals surface area contributed by atoms with Gasteiger partial charge in [0.2, 0.25) is 46.6 Å². The van der Waals surface area contributed by atoms with E-state index >= 15 is 0 Å². The molecule has 2 amide bonds. The second-order valence-corrected chi connectivity index (χ2v) is 10.8. The molecule has 44 heavy (non-hydrogen) atoms. The lowest BCUT2D eigenvalue weighted by molar-refractivity contribution is -0.139. The van der Waals surface area contributed by atoms with E-state index in [0.717, 1.165) is 12.7 Å². The minimum absolute atomic E-state index is 0.00114. The molecule has 0 aliphatic heterocycles. The number of ether oxygens (including phenoxy) is 4. The van der Waals surface area contributed by atoms with Crippen LogP contribution in [0.5, 0.6) is 5.75 Å². The third-order valence-corrected chi connectivity index (χ3v) is 6.83. The van der Waals surface area contributed by atoms with Gasteiger partial charge in [0.15, 0.2) is 0 Å². The molecule has 250 valence electrons. The van der Waals surface area contributed by atoms with Crippen molar-refractivity contribution in [3.05, 3.63) is 29.1 Å². The zero-order chi connectivity index (χ0) is 33.6. The number of aldehydes is 1. The molecule has 0 heterocycles.